The molecule has 6 nitrogen and oxygen atoms in total. The van der Waals surface area contributed by atoms with Crippen molar-refractivity contribution in [2.75, 3.05) is 32.7 Å². The lowest BCUT2D eigenvalue weighted by molar-refractivity contribution is -0.130. The zero-order valence-electron chi connectivity index (χ0n) is 12.6. The summed E-state index contributed by atoms with van der Waals surface area (Å²) in [6.45, 7) is 3.92. The molecular formula is C15H26N4O2. The predicted molar refractivity (Wildman–Crippen MR) is 79.4 cm³/mol. The van der Waals surface area contributed by atoms with E-state index in [9.17, 15) is 9.59 Å². The van der Waals surface area contributed by atoms with Gasteiger partial charge in [-0.1, -0.05) is 12.8 Å². The van der Waals surface area contributed by atoms with Crippen LogP contribution in [0.1, 0.15) is 32.1 Å². The second kappa shape index (κ2) is 5.93. The molecule has 4 N–H and O–H groups in total. The van der Waals surface area contributed by atoms with Crippen LogP contribution in [0.25, 0.3) is 0 Å². The van der Waals surface area contributed by atoms with Crippen LogP contribution in [-0.2, 0) is 9.59 Å². The molecule has 0 unspecified atom stereocenters. The highest BCUT2D eigenvalue weighted by atomic mass is 16.2. The molecule has 3 aliphatic rings. The van der Waals surface area contributed by atoms with Crippen molar-refractivity contribution in [3.63, 3.8) is 0 Å². The second-order valence-electron chi connectivity index (χ2n) is 6.82. The van der Waals surface area contributed by atoms with Gasteiger partial charge >= 0.3 is 0 Å². The Bertz CT molecular complexity index is 422. The van der Waals surface area contributed by atoms with E-state index in [4.69, 9.17) is 5.73 Å². The summed E-state index contributed by atoms with van der Waals surface area (Å²) in [6.07, 6.45) is 5.41. The molecule has 3 fully saturated rings. The van der Waals surface area contributed by atoms with Crippen molar-refractivity contribution in [2.24, 2.45) is 17.1 Å². The molecule has 0 aromatic heterocycles. The van der Waals surface area contributed by atoms with Crippen LogP contribution < -0.4 is 16.4 Å². The highest BCUT2D eigenvalue weighted by Crippen LogP contribution is 2.42. The Morgan fingerprint density at radius 2 is 2.10 bits per heavy atom. The summed E-state index contributed by atoms with van der Waals surface area (Å²) in [5.74, 6) is 0.124. The second-order valence-corrected chi connectivity index (χ2v) is 6.82. The number of nitrogens with two attached hydrogens (primary N) is 1. The molecule has 0 spiro atoms. The Morgan fingerprint density at radius 3 is 2.81 bits per heavy atom. The summed E-state index contributed by atoms with van der Waals surface area (Å²) >= 11 is 0. The van der Waals surface area contributed by atoms with E-state index in [1.54, 1.807) is 0 Å². The van der Waals surface area contributed by atoms with Gasteiger partial charge in [-0.15, -0.1) is 0 Å². The van der Waals surface area contributed by atoms with E-state index < -0.39 is 0 Å². The fourth-order valence-corrected chi connectivity index (χ4v) is 4.30. The zero-order valence-corrected chi connectivity index (χ0v) is 12.6. The van der Waals surface area contributed by atoms with Gasteiger partial charge in [0, 0.05) is 51.1 Å². The number of carbonyl (C=O) groups excluding carboxylic acids is 2. The first-order valence-electron chi connectivity index (χ1n) is 8.13. The van der Waals surface area contributed by atoms with E-state index in [1.807, 2.05) is 0 Å². The van der Waals surface area contributed by atoms with Gasteiger partial charge in [0.2, 0.25) is 11.8 Å². The maximum Gasteiger partial charge on any atom is 0.229 e. The van der Waals surface area contributed by atoms with Gasteiger partial charge in [-0.2, -0.15) is 0 Å². The van der Waals surface area contributed by atoms with Crippen LogP contribution in [0, 0.1) is 11.3 Å². The zero-order chi connectivity index (χ0) is 14.9. The molecule has 21 heavy (non-hydrogen) atoms. The average Bonchev–Trinajstić information content (AvgIpc) is 3.12. The average molecular weight is 294 g/mol. The first kappa shape index (κ1) is 14.8. The van der Waals surface area contributed by atoms with Crippen molar-refractivity contribution < 1.29 is 9.59 Å². The lowest BCUT2D eigenvalue weighted by atomic mass is 9.80. The molecule has 0 aromatic carbocycles. The van der Waals surface area contributed by atoms with Gasteiger partial charge < -0.3 is 16.4 Å². The van der Waals surface area contributed by atoms with Gasteiger partial charge in [0.05, 0.1) is 5.41 Å². The summed E-state index contributed by atoms with van der Waals surface area (Å²) in [4.78, 5) is 26.0. The number of carbonyl (C=O) groups is 2. The third kappa shape index (κ3) is 2.79. The number of fused-ring (bicyclic) bond motifs is 1. The molecule has 2 aliphatic heterocycles. The van der Waals surface area contributed by atoms with Crippen LogP contribution in [0.4, 0.5) is 0 Å². The number of hydrogen-bond donors (Lipinski definition) is 3. The minimum Gasteiger partial charge on any atom is -0.370 e. The molecule has 0 bridgehead atoms. The van der Waals surface area contributed by atoms with Gasteiger partial charge in [-0.25, -0.2) is 0 Å². The fourth-order valence-electron chi connectivity index (χ4n) is 4.30. The Morgan fingerprint density at radius 1 is 1.33 bits per heavy atom. The molecule has 2 heterocycles. The van der Waals surface area contributed by atoms with Crippen LogP contribution >= 0.6 is 0 Å². The standard InChI is InChI=1S/C15H26N4O2/c16-13(20)5-6-18-14(21)15-9-17-7-11(15)8-19(10-15)12-3-1-2-4-12/h11-12,17H,1-10H2,(H2,16,20)(H,18,21)/t11-,15-/m1/s1. The number of amides is 2. The molecule has 1 saturated carbocycles. The van der Waals surface area contributed by atoms with E-state index in [-0.39, 0.29) is 23.7 Å². The SMILES string of the molecule is NC(=O)CCNC(=O)[C@@]12CNC[C@@H]1CN(C1CCCC1)C2. The summed E-state index contributed by atoms with van der Waals surface area (Å²) in [7, 11) is 0. The van der Waals surface area contributed by atoms with Gasteiger partial charge in [0.1, 0.15) is 0 Å². The number of likely N-dealkylation sites (tertiary alicyclic amines) is 1. The van der Waals surface area contributed by atoms with Crippen molar-refractivity contribution >= 4 is 11.8 Å². The molecule has 3 rings (SSSR count). The molecule has 0 radical (unpaired) electrons. The first-order chi connectivity index (χ1) is 10.1. The minimum atomic E-state index is -0.368. The van der Waals surface area contributed by atoms with Crippen molar-refractivity contribution in [3.05, 3.63) is 0 Å². The van der Waals surface area contributed by atoms with Gasteiger partial charge in [-0.05, 0) is 12.8 Å². The molecule has 6 heteroatoms. The summed E-state index contributed by atoms with van der Waals surface area (Å²) in [6, 6.07) is 0.672. The monoisotopic (exact) mass is 294 g/mol. The Balaban J connectivity index is 1.63. The number of nitrogens with one attached hydrogen (secondary N) is 2. The molecule has 2 saturated heterocycles. The van der Waals surface area contributed by atoms with Gasteiger partial charge in [-0.3, -0.25) is 14.5 Å². The molecule has 118 valence electrons. The third-order valence-corrected chi connectivity index (χ3v) is 5.50. The largest absolute Gasteiger partial charge is 0.370 e. The highest BCUT2D eigenvalue weighted by molar-refractivity contribution is 5.85. The molecule has 2 amide bonds. The van der Waals surface area contributed by atoms with Gasteiger partial charge in [0.15, 0.2) is 0 Å². The Labute approximate surface area is 125 Å². The summed E-state index contributed by atoms with van der Waals surface area (Å²) in [5, 5.41) is 6.30. The predicted octanol–water partition coefficient (Wildman–Crippen LogP) is -0.558. The minimum absolute atomic E-state index is 0.0965. The summed E-state index contributed by atoms with van der Waals surface area (Å²) < 4.78 is 0. The lowest BCUT2D eigenvalue weighted by Crippen LogP contribution is -2.48. The van der Waals surface area contributed by atoms with Crippen molar-refractivity contribution in [1.82, 2.24) is 15.5 Å². The highest BCUT2D eigenvalue weighted by Gasteiger charge is 2.55. The fraction of sp³-hybridized carbons (Fsp3) is 0.867. The Kier molecular flexibility index (Phi) is 4.17. The number of nitrogens with zero attached hydrogens (tertiary/aromatic N) is 1. The molecular weight excluding hydrogens is 268 g/mol. The number of primary amides is 1. The smallest absolute Gasteiger partial charge is 0.229 e. The van der Waals surface area contributed by atoms with E-state index in [0.717, 1.165) is 26.2 Å². The molecule has 0 aromatic rings. The topological polar surface area (TPSA) is 87.5 Å². The quantitative estimate of drug-likeness (QED) is 0.634. The molecule has 1 aliphatic carbocycles. The van der Waals surface area contributed by atoms with Crippen molar-refractivity contribution in [2.45, 2.75) is 38.1 Å². The first-order valence-corrected chi connectivity index (χ1v) is 8.13. The number of rotatable bonds is 5. The van der Waals surface area contributed by atoms with Crippen LogP contribution in [0.5, 0.6) is 0 Å². The van der Waals surface area contributed by atoms with Crippen LogP contribution in [0.3, 0.4) is 0 Å². The van der Waals surface area contributed by atoms with Crippen LogP contribution in [0.2, 0.25) is 0 Å². The van der Waals surface area contributed by atoms with Crippen LogP contribution in [0.15, 0.2) is 0 Å². The summed E-state index contributed by atoms with van der Waals surface area (Å²) in [5.41, 5.74) is 4.83. The van der Waals surface area contributed by atoms with Crippen molar-refractivity contribution in [3.8, 4) is 0 Å². The molecule has 2 atom stereocenters. The van der Waals surface area contributed by atoms with E-state index in [2.05, 4.69) is 15.5 Å². The third-order valence-electron chi connectivity index (χ3n) is 5.50. The van der Waals surface area contributed by atoms with Crippen molar-refractivity contribution in [1.29, 1.82) is 0 Å². The lowest BCUT2D eigenvalue weighted by Gasteiger charge is -2.29. The Hall–Kier alpha value is -1.14. The van der Waals surface area contributed by atoms with E-state index in [0.29, 0.717) is 18.5 Å². The maximum atomic E-state index is 12.7. The van der Waals surface area contributed by atoms with Crippen LogP contribution in [-0.4, -0.2) is 55.5 Å². The maximum absolute atomic E-state index is 12.7. The van der Waals surface area contributed by atoms with E-state index >= 15 is 0 Å². The number of hydrogen-bond acceptors (Lipinski definition) is 4. The van der Waals surface area contributed by atoms with E-state index in [1.165, 1.54) is 25.7 Å². The van der Waals surface area contributed by atoms with Gasteiger partial charge in [0.25, 0.3) is 0 Å². The normalized spacial score (nSPS) is 33.2.